The van der Waals surface area contributed by atoms with Crippen molar-refractivity contribution in [2.75, 3.05) is 11.9 Å². The van der Waals surface area contributed by atoms with Crippen molar-refractivity contribution in [3.8, 4) is 5.75 Å². The van der Waals surface area contributed by atoms with Gasteiger partial charge in [0.25, 0.3) is 0 Å². The van der Waals surface area contributed by atoms with Crippen LogP contribution in [0.15, 0.2) is 97.3 Å². The Labute approximate surface area is 229 Å². The fourth-order valence-electron chi connectivity index (χ4n) is 5.85. The standard InChI is InChI=1S/C32H34N4O3/c1-2-25-12-6-7-13-27(25)28-16-18-35(22-24-11-8-17-33-20-24)31(32(28)36(38)39)26-14-15-30(37)29(19-26)34-21-23-9-4-3-5-10-23/h3-15,17,19-20,28,31-32,34,37H,2,16,18,21-22H2,1H3/t28-,31+,32-/m0/s1. The summed E-state index contributed by atoms with van der Waals surface area (Å²) in [6.45, 7) is 3.89. The minimum atomic E-state index is -0.852. The third-order valence-corrected chi connectivity index (χ3v) is 7.73. The van der Waals surface area contributed by atoms with Gasteiger partial charge in [0.15, 0.2) is 0 Å². The van der Waals surface area contributed by atoms with E-state index in [-0.39, 0.29) is 16.6 Å². The van der Waals surface area contributed by atoms with Crippen molar-refractivity contribution in [2.45, 2.75) is 50.9 Å². The number of benzene rings is 3. The normalized spacial score (nSPS) is 19.5. The molecule has 0 aliphatic carbocycles. The van der Waals surface area contributed by atoms with Gasteiger partial charge >= 0.3 is 0 Å². The molecule has 0 bridgehead atoms. The second-order valence-corrected chi connectivity index (χ2v) is 10.1. The first-order chi connectivity index (χ1) is 19.0. The molecular formula is C32H34N4O3. The molecule has 1 fully saturated rings. The highest BCUT2D eigenvalue weighted by Gasteiger charge is 2.48. The second kappa shape index (κ2) is 12.1. The average Bonchev–Trinajstić information content (AvgIpc) is 2.97. The molecule has 0 spiro atoms. The number of likely N-dealkylation sites (tertiary alicyclic amines) is 1. The maximum atomic E-state index is 12.9. The molecule has 0 radical (unpaired) electrons. The summed E-state index contributed by atoms with van der Waals surface area (Å²) in [7, 11) is 0. The first-order valence-corrected chi connectivity index (χ1v) is 13.5. The number of anilines is 1. The number of rotatable bonds is 9. The molecule has 0 unspecified atom stereocenters. The molecule has 1 aliphatic heterocycles. The molecule has 1 saturated heterocycles. The van der Waals surface area contributed by atoms with E-state index in [2.05, 4.69) is 34.3 Å². The highest BCUT2D eigenvalue weighted by Crippen LogP contribution is 2.44. The summed E-state index contributed by atoms with van der Waals surface area (Å²) in [6, 6.07) is 26.0. The van der Waals surface area contributed by atoms with Crippen LogP contribution in [0.3, 0.4) is 0 Å². The van der Waals surface area contributed by atoms with Gasteiger partial charge in [-0.15, -0.1) is 0 Å². The predicted octanol–water partition coefficient (Wildman–Crippen LogP) is 6.34. The highest BCUT2D eigenvalue weighted by atomic mass is 16.6. The van der Waals surface area contributed by atoms with Crippen molar-refractivity contribution in [3.05, 3.63) is 135 Å². The Morgan fingerprint density at radius 1 is 1.03 bits per heavy atom. The maximum Gasteiger partial charge on any atom is 0.239 e. The number of phenolic OH excluding ortho intramolecular Hbond substituents is 1. The number of pyridine rings is 1. The van der Waals surface area contributed by atoms with E-state index in [0.29, 0.717) is 31.7 Å². The lowest BCUT2D eigenvalue weighted by Gasteiger charge is -2.42. The number of nitro groups is 1. The monoisotopic (exact) mass is 522 g/mol. The summed E-state index contributed by atoms with van der Waals surface area (Å²) in [5.41, 5.74) is 5.69. The molecule has 5 rings (SSSR count). The maximum absolute atomic E-state index is 12.9. The third-order valence-electron chi connectivity index (χ3n) is 7.73. The minimum Gasteiger partial charge on any atom is -0.506 e. The van der Waals surface area contributed by atoms with Gasteiger partial charge in [-0.25, -0.2) is 0 Å². The number of hydrogen-bond acceptors (Lipinski definition) is 6. The van der Waals surface area contributed by atoms with E-state index < -0.39 is 12.1 Å². The largest absolute Gasteiger partial charge is 0.506 e. The molecule has 200 valence electrons. The van der Waals surface area contributed by atoms with Crippen molar-refractivity contribution in [3.63, 3.8) is 0 Å². The lowest BCUT2D eigenvalue weighted by Crippen LogP contribution is -2.49. The Kier molecular flexibility index (Phi) is 8.18. The lowest BCUT2D eigenvalue weighted by atomic mass is 9.76. The Bertz CT molecular complexity index is 1400. The zero-order valence-electron chi connectivity index (χ0n) is 22.1. The van der Waals surface area contributed by atoms with E-state index in [9.17, 15) is 15.2 Å². The van der Waals surface area contributed by atoms with E-state index >= 15 is 0 Å². The number of phenols is 1. The quantitative estimate of drug-likeness (QED) is 0.151. The van der Waals surface area contributed by atoms with Crippen LogP contribution in [0, 0.1) is 10.1 Å². The van der Waals surface area contributed by atoms with Gasteiger partial charge < -0.3 is 10.4 Å². The molecule has 0 amide bonds. The van der Waals surface area contributed by atoms with Crippen molar-refractivity contribution in [2.24, 2.45) is 0 Å². The van der Waals surface area contributed by atoms with Crippen LogP contribution < -0.4 is 5.32 Å². The Morgan fingerprint density at radius 2 is 1.79 bits per heavy atom. The summed E-state index contributed by atoms with van der Waals surface area (Å²) in [4.78, 5) is 19.2. The second-order valence-electron chi connectivity index (χ2n) is 10.1. The molecule has 3 aromatic carbocycles. The molecule has 2 N–H and O–H groups in total. The minimum absolute atomic E-state index is 0.0961. The van der Waals surface area contributed by atoms with Crippen LogP contribution in [0.25, 0.3) is 0 Å². The number of aromatic nitrogens is 1. The van der Waals surface area contributed by atoms with E-state index in [4.69, 9.17) is 0 Å². The smallest absolute Gasteiger partial charge is 0.239 e. The van der Waals surface area contributed by atoms with Gasteiger partial charge in [-0.2, -0.15) is 0 Å². The number of piperidine rings is 1. The molecule has 1 aromatic heterocycles. The fraction of sp³-hybridized carbons (Fsp3) is 0.281. The van der Waals surface area contributed by atoms with E-state index in [0.717, 1.165) is 34.2 Å². The fourth-order valence-corrected chi connectivity index (χ4v) is 5.85. The van der Waals surface area contributed by atoms with Gasteiger partial charge in [-0.1, -0.05) is 73.7 Å². The molecule has 0 saturated carbocycles. The number of aromatic hydroxyl groups is 1. The molecule has 7 heteroatoms. The van der Waals surface area contributed by atoms with Crippen molar-refractivity contribution < 1.29 is 10.0 Å². The number of hydrogen-bond donors (Lipinski definition) is 2. The molecule has 7 nitrogen and oxygen atoms in total. The van der Waals surface area contributed by atoms with Crippen molar-refractivity contribution >= 4 is 5.69 Å². The molecule has 39 heavy (non-hydrogen) atoms. The van der Waals surface area contributed by atoms with Gasteiger partial charge in [0.1, 0.15) is 11.8 Å². The molecule has 4 aromatic rings. The van der Waals surface area contributed by atoms with Gasteiger partial charge in [0.2, 0.25) is 6.04 Å². The van der Waals surface area contributed by atoms with Crippen molar-refractivity contribution in [1.82, 2.24) is 9.88 Å². The first-order valence-electron chi connectivity index (χ1n) is 13.5. The topological polar surface area (TPSA) is 91.5 Å². The van der Waals surface area contributed by atoms with Gasteiger partial charge in [0, 0.05) is 37.0 Å². The number of aryl methyl sites for hydroxylation is 1. The average molecular weight is 523 g/mol. The molecule has 2 heterocycles. The molecule has 1 aliphatic rings. The predicted molar refractivity (Wildman–Crippen MR) is 153 cm³/mol. The summed E-state index contributed by atoms with van der Waals surface area (Å²) in [5, 5.41) is 26.9. The SMILES string of the molecule is CCc1ccccc1[C@@H]1CCN(Cc2cccnc2)[C@H](c2ccc(O)c(NCc3ccccc3)c2)[C@H]1[N+](=O)[O-]. The van der Waals surface area contributed by atoms with Crippen LogP contribution in [-0.4, -0.2) is 32.5 Å². The summed E-state index contributed by atoms with van der Waals surface area (Å²) in [6.07, 6.45) is 5.07. The zero-order valence-corrected chi connectivity index (χ0v) is 22.1. The van der Waals surface area contributed by atoms with Gasteiger partial charge in [0.05, 0.1) is 11.6 Å². The van der Waals surface area contributed by atoms with Gasteiger partial charge in [-0.3, -0.25) is 20.0 Å². The summed E-state index contributed by atoms with van der Waals surface area (Å²) in [5.74, 6) is -0.101. The third kappa shape index (κ3) is 5.94. The van der Waals surface area contributed by atoms with Crippen LogP contribution in [0.5, 0.6) is 5.75 Å². The van der Waals surface area contributed by atoms with Crippen LogP contribution in [0.2, 0.25) is 0 Å². The van der Waals surface area contributed by atoms with Crippen molar-refractivity contribution in [1.29, 1.82) is 0 Å². The lowest BCUT2D eigenvalue weighted by molar-refractivity contribution is -0.540. The number of nitrogens with zero attached hydrogens (tertiary/aromatic N) is 3. The first kappa shape index (κ1) is 26.4. The van der Waals surface area contributed by atoms with E-state index in [1.807, 2.05) is 72.9 Å². The summed E-state index contributed by atoms with van der Waals surface area (Å²) < 4.78 is 0. The summed E-state index contributed by atoms with van der Waals surface area (Å²) >= 11 is 0. The zero-order chi connectivity index (χ0) is 27.2. The van der Waals surface area contributed by atoms with Gasteiger partial charge in [-0.05, 0) is 58.9 Å². The highest BCUT2D eigenvalue weighted by molar-refractivity contribution is 5.58. The molecule has 3 atom stereocenters. The van der Waals surface area contributed by atoms with Crippen LogP contribution in [0.4, 0.5) is 5.69 Å². The Hall–Kier alpha value is -4.23. The number of nitrogens with one attached hydrogen (secondary N) is 1. The Morgan fingerprint density at radius 3 is 2.54 bits per heavy atom. The Balaban J connectivity index is 1.54. The van der Waals surface area contributed by atoms with Crippen LogP contribution in [-0.2, 0) is 19.5 Å². The van der Waals surface area contributed by atoms with Crippen LogP contribution in [0.1, 0.15) is 53.1 Å². The molecular weight excluding hydrogens is 488 g/mol. The van der Waals surface area contributed by atoms with E-state index in [1.54, 1.807) is 12.3 Å². The van der Waals surface area contributed by atoms with Crippen LogP contribution >= 0.6 is 0 Å². The van der Waals surface area contributed by atoms with E-state index in [1.165, 1.54) is 0 Å².